The molecule has 0 spiro atoms. The number of benzene rings is 8. The van der Waals surface area contributed by atoms with Gasteiger partial charge in [0.2, 0.25) is 0 Å². The third-order valence-electron chi connectivity index (χ3n) is 18.4. The molecule has 0 bridgehead atoms. The van der Waals surface area contributed by atoms with E-state index in [0.29, 0.717) is 25.7 Å². The lowest BCUT2D eigenvalue weighted by molar-refractivity contribution is -0.111. The van der Waals surface area contributed by atoms with Gasteiger partial charge in [0, 0.05) is 0 Å². The Morgan fingerprint density at radius 2 is 0.533 bits per heavy atom. The second-order valence-electron chi connectivity index (χ2n) is 26.0. The highest BCUT2D eigenvalue weighted by Gasteiger charge is 2.70. The maximum atomic E-state index is 15.6. The molecule has 0 aromatic heterocycles. The lowest BCUT2D eigenvalue weighted by atomic mass is 9.98. The zero-order valence-corrected chi connectivity index (χ0v) is 60.0. The van der Waals surface area contributed by atoms with Crippen LogP contribution in [0.3, 0.4) is 0 Å². The number of unbranched alkanes of at least 4 members (excludes halogenated alkanes) is 12. The van der Waals surface area contributed by atoms with Crippen molar-refractivity contribution in [2.24, 2.45) is 0 Å². The van der Waals surface area contributed by atoms with Gasteiger partial charge in [0.25, 0.3) is 0 Å². The number of carbonyl (C=O) groups excluding carboxylic acids is 8. The van der Waals surface area contributed by atoms with E-state index in [1.165, 1.54) is 48.5 Å². The van der Waals surface area contributed by atoms with E-state index in [-0.39, 0.29) is 57.3 Å². The summed E-state index contributed by atoms with van der Waals surface area (Å²) in [5.74, 6) is -7.01. The van der Waals surface area contributed by atoms with E-state index in [1.54, 1.807) is 194 Å². The van der Waals surface area contributed by atoms with Gasteiger partial charge in [-0.2, -0.15) is 0 Å². The molecule has 0 radical (unpaired) electrons. The second kappa shape index (κ2) is 39.6. The number of thioether (sulfide) groups is 1. The molecule has 10 rings (SSSR count). The summed E-state index contributed by atoms with van der Waals surface area (Å²) in [7, 11) is 0. The first-order valence-corrected chi connectivity index (χ1v) is 37.2. The SMILES string of the molecule is CCCCCCCCCC[C@@]1(S[C@]2(CCCCCCCC)O[C@@H]([C@@H](COC(=O)c3ccccc3)OC(=O)c3ccccc3)[C@H](OC(=O)c3ccccc3)[C@H]2OC(=O)c2ccccc2)O[C@@H]([C@@H](COC(=O)c2ccccc2)OC(=O)c2ccccc2)[C@H](OC(=O)c2ccccc2)[C@H]1OC(=O)c1ccccc1. The molecule has 10 atom stereocenters. The molecule has 0 amide bonds. The normalized spacial score (nSPS) is 20.1. The second-order valence-corrected chi connectivity index (χ2v) is 27.6. The Labute approximate surface area is 617 Å². The van der Waals surface area contributed by atoms with Crippen molar-refractivity contribution < 1.29 is 85.7 Å². The van der Waals surface area contributed by atoms with Crippen LogP contribution >= 0.6 is 11.8 Å². The van der Waals surface area contributed by atoms with Gasteiger partial charge in [-0.25, -0.2) is 38.4 Å². The van der Waals surface area contributed by atoms with E-state index in [9.17, 15) is 19.2 Å². The van der Waals surface area contributed by atoms with Crippen molar-refractivity contribution >= 4 is 59.5 Å². The van der Waals surface area contributed by atoms with E-state index in [1.807, 2.05) is 0 Å². The lowest BCUT2D eigenvalue weighted by Gasteiger charge is -2.43. The van der Waals surface area contributed by atoms with Crippen LogP contribution in [0.2, 0.25) is 0 Å². The van der Waals surface area contributed by atoms with Gasteiger partial charge in [0.1, 0.15) is 25.4 Å². The summed E-state index contributed by atoms with van der Waals surface area (Å²) in [5.41, 5.74) is 0.822. The molecule has 0 aliphatic carbocycles. The van der Waals surface area contributed by atoms with Gasteiger partial charge >= 0.3 is 47.8 Å². The van der Waals surface area contributed by atoms with Crippen molar-refractivity contribution in [3.05, 3.63) is 287 Å². The summed E-state index contributed by atoms with van der Waals surface area (Å²) in [6.45, 7) is 2.81. The molecule has 2 aliphatic heterocycles. The lowest BCUT2D eigenvalue weighted by Crippen LogP contribution is -2.53. The van der Waals surface area contributed by atoms with Gasteiger partial charge < -0.3 is 47.4 Å². The Bertz CT molecular complexity index is 4040. The van der Waals surface area contributed by atoms with Gasteiger partial charge in [-0.1, -0.05) is 248 Å². The summed E-state index contributed by atoms with van der Waals surface area (Å²) in [4.78, 5) is 116. The highest BCUT2D eigenvalue weighted by Crippen LogP contribution is 2.59. The Morgan fingerprint density at radius 1 is 0.305 bits per heavy atom. The molecule has 2 aliphatic rings. The van der Waals surface area contributed by atoms with E-state index in [0.717, 1.165) is 76.0 Å². The Morgan fingerprint density at radius 3 is 0.800 bits per heavy atom. The zero-order chi connectivity index (χ0) is 73.6. The molecule has 19 heteroatoms. The van der Waals surface area contributed by atoms with Crippen molar-refractivity contribution in [3.63, 3.8) is 0 Å². The first-order chi connectivity index (χ1) is 51.3. The topological polar surface area (TPSA) is 229 Å². The molecule has 8 aromatic carbocycles. The molecule has 548 valence electrons. The Balaban J connectivity index is 1.23. The molecule has 0 N–H and O–H groups in total. The van der Waals surface area contributed by atoms with Crippen LogP contribution in [0.25, 0.3) is 0 Å². The monoisotopic (exact) mass is 1440 g/mol. The van der Waals surface area contributed by atoms with Crippen molar-refractivity contribution in [1.82, 2.24) is 0 Å². The summed E-state index contributed by atoms with van der Waals surface area (Å²) >= 11 is 0.934. The molecular weight excluding hydrogens is 1350 g/mol. The average molecular weight is 1440 g/mol. The van der Waals surface area contributed by atoms with Gasteiger partial charge in [-0.05, 0) is 123 Å². The third kappa shape index (κ3) is 21.5. The van der Waals surface area contributed by atoms with Crippen LogP contribution in [0.15, 0.2) is 243 Å². The van der Waals surface area contributed by atoms with Crippen LogP contribution < -0.4 is 0 Å². The van der Waals surface area contributed by atoms with Gasteiger partial charge in [0.15, 0.2) is 46.5 Å². The van der Waals surface area contributed by atoms with Crippen LogP contribution in [-0.4, -0.2) is 120 Å². The number of ether oxygens (including phenoxy) is 10. The first-order valence-electron chi connectivity index (χ1n) is 36.3. The van der Waals surface area contributed by atoms with E-state index in [2.05, 4.69) is 13.8 Å². The van der Waals surface area contributed by atoms with Crippen LogP contribution in [-0.2, 0) is 47.4 Å². The maximum Gasteiger partial charge on any atom is 0.338 e. The number of hydrogen-bond donors (Lipinski definition) is 0. The number of carbonyl (C=O) groups is 8. The van der Waals surface area contributed by atoms with Gasteiger partial charge in [0.05, 0.1) is 44.5 Å². The number of hydrogen-bond acceptors (Lipinski definition) is 19. The van der Waals surface area contributed by atoms with Crippen molar-refractivity contribution in [2.75, 3.05) is 13.2 Å². The summed E-state index contributed by atoms with van der Waals surface area (Å²) in [5, 5.41) is 0. The molecule has 105 heavy (non-hydrogen) atoms. The van der Waals surface area contributed by atoms with Crippen LogP contribution in [0, 0.1) is 0 Å². The molecule has 2 heterocycles. The summed E-state index contributed by atoms with van der Waals surface area (Å²) in [6.07, 6.45) is -3.24. The standard InChI is InChI=1S/C86H90O18S/c1-3-5-7-9-11-12-14-40-58-86(76(102-84(94)68-55-37-22-38-56-68)74(100-82(92)66-51-33-20-34-52-66)72(104-86)70(98-80(90)64-47-29-18-30-48-64)60-96-78(88)62-43-25-16-26-44-62)105-85(57-39-13-10-8-6-4-2)75(101-83(93)67-53-35-21-36-54-67)73(99-81(91)65-49-31-19-32-50-65)71(103-85)69(97-79(89)63-45-27-17-28-46-63)59-95-77(87)61-41-23-15-24-42-61/h15-38,41-56,69-76H,3-14,39-40,57-60H2,1-2H3/t69-,70-,71+,72+,73+,74+,75-,76-,85+,86+/m1/s1. The predicted molar refractivity (Wildman–Crippen MR) is 395 cm³/mol. The minimum Gasteiger partial charge on any atom is -0.458 e. The molecule has 0 unspecified atom stereocenters. The van der Waals surface area contributed by atoms with E-state index >= 15 is 19.2 Å². The molecular formula is C86H90O18S. The molecule has 2 saturated heterocycles. The fraction of sp³-hybridized carbons (Fsp3) is 0.349. The fourth-order valence-electron chi connectivity index (χ4n) is 13.0. The summed E-state index contributed by atoms with van der Waals surface area (Å²) in [6, 6.07) is 64.9. The minimum atomic E-state index is -2.13. The minimum absolute atomic E-state index is 0.0759. The Kier molecular flexibility index (Phi) is 29.2. The third-order valence-corrected chi connectivity index (χ3v) is 20.2. The molecule has 18 nitrogen and oxygen atoms in total. The van der Waals surface area contributed by atoms with Crippen molar-refractivity contribution in [2.45, 2.75) is 175 Å². The highest BCUT2D eigenvalue weighted by molar-refractivity contribution is 8.01. The molecule has 8 aromatic rings. The number of esters is 8. The van der Waals surface area contributed by atoms with Crippen LogP contribution in [0.4, 0.5) is 0 Å². The van der Waals surface area contributed by atoms with Gasteiger partial charge in [-0.3, -0.25) is 0 Å². The maximum absolute atomic E-state index is 15.6. The van der Waals surface area contributed by atoms with Crippen molar-refractivity contribution in [1.29, 1.82) is 0 Å². The van der Waals surface area contributed by atoms with Crippen molar-refractivity contribution in [3.8, 4) is 0 Å². The largest absolute Gasteiger partial charge is 0.458 e. The van der Waals surface area contributed by atoms with Gasteiger partial charge in [-0.15, -0.1) is 0 Å². The quantitative estimate of drug-likeness (QED) is 0.0199. The van der Waals surface area contributed by atoms with E-state index < -0.39 is 120 Å². The van der Waals surface area contributed by atoms with E-state index in [4.69, 9.17) is 47.4 Å². The smallest absolute Gasteiger partial charge is 0.338 e. The number of rotatable bonds is 38. The van der Waals surface area contributed by atoms with Crippen LogP contribution in [0.1, 0.15) is 199 Å². The summed E-state index contributed by atoms with van der Waals surface area (Å²) < 4.78 is 68.6. The highest BCUT2D eigenvalue weighted by atomic mass is 32.2. The molecule has 2 fully saturated rings. The predicted octanol–water partition coefficient (Wildman–Crippen LogP) is 17.3. The first kappa shape index (κ1) is 77.4. The average Bonchev–Trinajstić information content (AvgIpc) is 1.57. The zero-order valence-electron chi connectivity index (χ0n) is 59.2. The molecule has 0 saturated carbocycles. The fourth-order valence-corrected chi connectivity index (χ4v) is 15.0. The Hall–Kier alpha value is -10.2. The van der Waals surface area contributed by atoms with Crippen LogP contribution in [0.5, 0.6) is 0 Å².